The Morgan fingerprint density at radius 2 is 1.64 bits per heavy atom. The number of sulfonamides is 1. The molecule has 0 saturated carbocycles. The molecule has 2 aromatic rings. The maximum absolute atomic E-state index is 12.4. The van der Waals surface area contributed by atoms with Gasteiger partial charge in [0.1, 0.15) is 0 Å². The number of nitrogens with zero attached hydrogens (tertiary/aromatic N) is 2. The van der Waals surface area contributed by atoms with Crippen LogP contribution in [0.15, 0.2) is 54.6 Å². The lowest BCUT2D eigenvalue weighted by Gasteiger charge is -2.22. The summed E-state index contributed by atoms with van der Waals surface area (Å²) in [7, 11) is -1.75. The normalized spacial score (nSPS) is 11.5. The number of para-hydroxylation sites is 1. The van der Waals surface area contributed by atoms with Gasteiger partial charge in [-0.3, -0.25) is 4.79 Å². The third kappa shape index (κ3) is 5.85. The highest BCUT2D eigenvalue weighted by molar-refractivity contribution is 7.88. The van der Waals surface area contributed by atoms with Crippen molar-refractivity contribution in [3.63, 3.8) is 0 Å². The predicted molar refractivity (Wildman–Crippen MR) is 101 cm³/mol. The van der Waals surface area contributed by atoms with E-state index in [9.17, 15) is 13.2 Å². The van der Waals surface area contributed by atoms with Crippen molar-refractivity contribution in [2.75, 3.05) is 24.7 Å². The number of carbonyl (C=O) groups excluding carboxylic acids is 1. The molecule has 0 N–H and O–H groups in total. The Balaban J connectivity index is 2.02. The van der Waals surface area contributed by atoms with E-state index in [1.807, 2.05) is 30.3 Å². The van der Waals surface area contributed by atoms with Crippen LogP contribution in [0.1, 0.15) is 12.0 Å². The first kappa shape index (κ1) is 19.4. The molecule has 5 nitrogen and oxygen atoms in total. The van der Waals surface area contributed by atoms with Crippen LogP contribution in [-0.4, -0.2) is 38.5 Å². The fourth-order valence-corrected chi connectivity index (χ4v) is 3.27. The zero-order valence-electron chi connectivity index (χ0n) is 14.2. The standard InChI is InChI=1S/C18H21ClN2O3S/c1-20(17-6-4-3-5-7-17)18(22)12-13-21(25(2,23)24)14-15-8-10-16(19)11-9-15/h3-11H,12-14H2,1-2H3. The van der Waals surface area contributed by atoms with Crippen molar-refractivity contribution in [2.45, 2.75) is 13.0 Å². The summed E-state index contributed by atoms with van der Waals surface area (Å²) in [4.78, 5) is 13.9. The second kappa shape index (κ2) is 8.47. The minimum atomic E-state index is -3.43. The van der Waals surface area contributed by atoms with E-state index >= 15 is 0 Å². The summed E-state index contributed by atoms with van der Waals surface area (Å²) < 4.78 is 25.4. The average molecular weight is 381 g/mol. The van der Waals surface area contributed by atoms with Crippen LogP contribution >= 0.6 is 11.6 Å². The molecule has 0 aliphatic rings. The van der Waals surface area contributed by atoms with Gasteiger partial charge in [-0.25, -0.2) is 8.42 Å². The van der Waals surface area contributed by atoms with Crippen LogP contribution in [0.2, 0.25) is 5.02 Å². The molecule has 7 heteroatoms. The topological polar surface area (TPSA) is 57.7 Å². The largest absolute Gasteiger partial charge is 0.315 e. The fourth-order valence-electron chi connectivity index (χ4n) is 2.34. The first-order valence-electron chi connectivity index (χ1n) is 7.78. The van der Waals surface area contributed by atoms with E-state index in [-0.39, 0.29) is 25.4 Å². The number of amides is 1. The van der Waals surface area contributed by atoms with Crippen molar-refractivity contribution in [1.82, 2.24) is 4.31 Å². The van der Waals surface area contributed by atoms with E-state index in [2.05, 4.69) is 0 Å². The maximum atomic E-state index is 12.4. The molecule has 0 atom stereocenters. The Morgan fingerprint density at radius 1 is 1.04 bits per heavy atom. The van der Waals surface area contributed by atoms with Gasteiger partial charge in [-0.05, 0) is 29.8 Å². The lowest BCUT2D eigenvalue weighted by atomic mass is 10.2. The van der Waals surface area contributed by atoms with Crippen LogP contribution in [0, 0.1) is 0 Å². The van der Waals surface area contributed by atoms with Gasteiger partial charge >= 0.3 is 0 Å². The fraction of sp³-hybridized carbons (Fsp3) is 0.278. The van der Waals surface area contributed by atoms with Crippen molar-refractivity contribution in [2.24, 2.45) is 0 Å². The van der Waals surface area contributed by atoms with E-state index in [1.165, 1.54) is 9.21 Å². The first-order valence-corrected chi connectivity index (χ1v) is 10.0. The van der Waals surface area contributed by atoms with Crippen LogP contribution in [0.3, 0.4) is 0 Å². The molecule has 0 aromatic heterocycles. The van der Waals surface area contributed by atoms with Gasteiger partial charge in [-0.2, -0.15) is 4.31 Å². The Labute approximate surface area is 153 Å². The van der Waals surface area contributed by atoms with Gasteiger partial charge in [0.2, 0.25) is 15.9 Å². The number of benzene rings is 2. The first-order chi connectivity index (χ1) is 11.8. The van der Waals surface area contributed by atoms with Crippen LogP contribution < -0.4 is 4.90 Å². The number of carbonyl (C=O) groups is 1. The van der Waals surface area contributed by atoms with Gasteiger partial charge < -0.3 is 4.90 Å². The van der Waals surface area contributed by atoms with Gasteiger partial charge in [-0.1, -0.05) is 41.9 Å². The van der Waals surface area contributed by atoms with E-state index < -0.39 is 10.0 Å². The molecule has 134 valence electrons. The molecular formula is C18H21ClN2O3S. The van der Waals surface area contributed by atoms with Crippen molar-refractivity contribution in [3.05, 3.63) is 65.2 Å². The molecule has 0 aliphatic carbocycles. The van der Waals surface area contributed by atoms with Crippen LogP contribution in [-0.2, 0) is 21.4 Å². The summed E-state index contributed by atoms with van der Waals surface area (Å²) in [5, 5.41) is 0.592. The third-order valence-electron chi connectivity index (χ3n) is 3.83. The van der Waals surface area contributed by atoms with E-state index in [1.54, 1.807) is 31.3 Å². The SMILES string of the molecule is CN(C(=O)CCN(Cc1ccc(Cl)cc1)S(C)(=O)=O)c1ccccc1. The van der Waals surface area contributed by atoms with E-state index in [0.717, 1.165) is 17.5 Å². The van der Waals surface area contributed by atoms with Gasteiger partial charge in [0.15, 0.2) is 0 Å². The van der Waals surface area contributed by atoms with Crippen molar-refractivity contribution >= 4 is 33.2 Å². The highest BCUT2D eigenvalue weighted by Gasteiger charge is 2.20. The second-order valence-electron chi connectivity index (χ2n) is 5.76. The summed E-state index contributed by atoms with van der Waals surface area (Å²) in [6.07, 6.45) is 1.25. The Morgan fingerprint density at radius 3 is 2.20 bits per heavy atom. The predicted octanol–water partition coefficient (Wildman–Crippen LogP) is 3.15. The van der Waals surface area contributed by atoms with Crippen LogP contribution in [0.5, 0.6) is 0 Å². The molecule has 0 spiro atoms. The summed E-state index contributed by atoms with van der Waals surface area (Å²) >= 11 is 5.85. The van der Waals surface area contributed by atoms with Crippen molar-refractivity contribution in [1.29, 1.82) is 0 Å². The van der Waals surface area contributed by atoms with Crippen molar-refractivity contribution in [3.8, 4) is 0 Å². The van der Waals surface area contributed by atoms with Gasteiger partial charge in [0.25, 0.3) is 0 Å². The summed E-state index contributed by atoms with van der Waals surface area (Å²) in [6, 6.07) is 16.2. The highest BCUT2D eigenvalue weighted by atomic mass is 35.5. The summed E-state index contributed by atoms with van der Waals surface area (Å²) in [6.45, 7) is 0.329. The lowest BCUT2D eigenvalue weighted by molar-refractivity contribution is -0.118. The second-order valence-corrected chi connectivity index (χ2v) is 8.18. The minimum Gasteiger partial charge on any atom is -0.315 e. The number of hydrogen-bond donors (Lipinski definition) is 0. The molecule has 0 saturated heterocycles. The number of anilines is 1. The molecule has 1 amide bonds. The molecule has 0 unspecified atom stereocenters. The Bertz CT molecular complexity index is 808. The van der Waals surface area contributed by atoms with E-state index in [4.69, 9.17) is 11.6 Å². The lowest BCUT2D eigenvalue weighted by Crippen LogP contribution is -2.35. The molecule has 2 aromatic carbocycles. The molecule has 0 heterocycles. The molecule has 0 bridgehead atoms. The van der Waals surface area contributed by atoms with Crippen LogP contribution in [0.4, 0.5) is 5.69 Å². The van der Waals surface area contributed by atoms with Crippen LogP contribution in [0.25, 0.3) is 0 Å². The molecule has 0 radical (unpaired) electrons. The average Bonchev–Trinajstić information content (AvgIpc) is 2.59. The summed E-state index contributed by atoms with van der Waals surface area (Å²) in [5.41, 5.74) is 1.59. The molecule has 0 aliphatic heterocycles. The zero-order chi connectivity index (χ0) is 18.4. The maximum Gasteiger partial charge on any atom is 0.228 e. The van der Waals surface area contributed by atoms with Gasteiger partial charge in [0, 0.05) is 37.3 Å². The molecule has 25 heavy (non-hydrogen) atoms. The highest BCUT2D eigenvalue weighted by Crippen LogP contribution is 2.15. The minimum absolute atomic E-state index is 0.103. The van der Waals surface area contributed by atoms with Gasteiger partial charge in [0.05, 0.1) is 6.26 Å². The smallest absolute Gasteiger partial charge is 0.228 e. The quantitative estimate of drug-likeness (QED) is 0.741. The number of halogens is 1. The molecule has 0 fully saturated rings. The Hall–Kier alpha value is -1.89. The molecule has 2 rings (SSSR count). The van der Waals surface area contributed by atoms with Crippen molar-refractivity contribution < 1.29 is 13.2 Å². The number of hydrogen-bond acceptors (Lipinski definition) is 3. The number of rotatable bonds is 7. The monoisotopic (exact) mass is 380 g/mol. The molecular weight excluding hydrogens is 360 g/mol. The Kier molecular flexibility index (Phi) is 6.58. The summed E-state index contributed by atoms with van der Waals surface area (Å²) in [5.74, 6) is -0.143. The zero-order valence-corrected chi connectivity index (χ0v) is 15.8. The third-order valence-corrected chi connectivity index (χ3v) is 5.34. The van der Waals surface area contributed by atoms with E-state index in [0.29, 0.717) is 5.02 Å². The van der Waals surface area contributed by atoms with Gasteiger partial charge in [-0.15, -0.1) is 0 Å².